The molecule has 3 heterocycles. The molecule has 1 aromatic carbocycles. The lowest BCUT2D eigenvalue weighted by Crippen LogP contribution is -2.23. The molecule has 7 nitrogen and oxygen atoms in total. The lowest BCUT2D eigenvalue weighted by atomic mass is 10.1. The van der Waals surface area contributed by atoms with Crippen molar-refractivity contribution in [2.45, 2.75) is 19.9 Å². The van der Waals surface area contributed by atoms with Gasteiger partial charge in [-0.15, -0.1) is 0 Å². The Morgan fingerprint density at radius 3 is 2.65 bits per heavy atom. The number of ether oxygens (including phenoxy) is 4. The molecular weight excluding hydrogens is 302 g/mol. The highest BCUT2D eigenvalue weighted by Gasteiger charge is 2.32. The van der Waals surface area contributed by atoms with E-state index in [1.165, 1.54) is 4.57 Å². The predicted octanol–water partition coefficient (Wildman–Crippen LogP) is 1.86. The standard InChI is InChI=1S/C16H15NO6/c1-3-20-16(19)13-9-4-11-12(23-7-22-11)5-10(9)14(18)17-8(2)6-21-15(13)17/h4-5,8H,3,6-7H2,1-2H3/t8-/m1/s1. The second-order valence-corrected chi connectivity index (χ2v) is 5.49. The zero-order valence-corrected chi connectivity index (χ0v) is 12.8. The summed E-state index contributed by atoms with van der Waals surface area (Å²) >= 11 is 0. The topological polar surface area (TPSA) is 76.0 Å². The Kier molecular flexibility index (Phi) is 2.97. The van der Waals surface area contributed by atoms with Crippen LogP contribution in [-0.2, 0) is 4.74 Å². The largest absolute Gasteiger partial charge is 0.476 e. The van der Waals surface area contributed by atoms with Crippen molar-refractivity contribution in [3.8, 4) is 17.4 Å². The molecule has 1 aromatic heterocycles. The number of rotatable bonds is 2. The van der Waals surface area contributed by atoms with Crippen molar-refractivity contribution in [3.05, 3.63) is 28.0 Å². The van der Waals surface area contributed by atoms with Gasteiger partial charge in [-0.1, -0.05) is 0 Å². The molecule has 0 amide bonds. The molecule has 0 spiro atoms. The SMILES string of the molecule is CCOC(=O)c1c2n(c(=O)c3cc4c(cc13)OCO4)[C@H](C)CO2. The summed E-state index contributed by atoms with van der Waals surface area (Å²) in [6, 6.07) is 3.10. The van der Waals surface area contributed by atoms with E-state index in [1.54, 1.807) is 19.1 Å². The Morgan fingerprint density at radius 2 is 1.96 bits per heavy atom. The van der Waals surface area contributed by atoms with Crippen LogP contribution < -0.4 is 19.8 Å². The second kappa shape index (κ2) is 4.91. The molecule has 7 heteroatoms. The van der Waals surface area contributed by atoms with Crippen LogP contribution in [0.2, 0.25) is 0 Å². The van der Waals surface area contributed by atoms with Crippen LogP contribution in [0.3, 0.4) is 0 Å². The normalized spacial score (nSPS) is 17.9. The van der Waals surface area contributed by atoms with Crippen molar-refractivity contribution in [2.75, 3.05) is 20.0 Å². The lowest BCUT2D eigenvalue weighted by Gasteiger charge is -2.13. The van der Waals surface area contributed by atoms with Crippen molar-refractivity contribution >= 4 is 16.7 Å². The van der Waals surface area contributed by atoms with Crippen LogP contribution in [0.5, 0.6) is 17.4 Å². The van der Waals surface area contributed by atoms with Gasteiger partial charge in [0.15, 0.2) is 11.5 Å². The summed E-state index contributed by atoms with van der Waals surface area (Å²) in [4.78, 5) is 25.2. The fourth-order valence-corrected chi connectivity index (χ4v) is 3.00. The zero-order chi connectivity index (χ0) is 16.1. The van der Waals surface area contributed by atoms with E-state index in [1.807, 2.05) is 6.92 Å². The third-order valence-corrected chi connectivity index (χ3v) is 4.05. The second-order valence-electron chi connectivity index (χ2n) is 5.49. The zero-order valence-electron chi connectivity index (χ0n) is 12.8. The van der Waals surface area contributed by atoms with Crippen LogP contribution in [0, 0.1) is 0 Å². The number of carbonyl (C=O) groups excluding carboxylic acids is 1. The van der Waals surface area contributed by atoms with E-state index in [9.17, 15) is 9.59 Å². The van der Waals surface area contributed by atoms with Crippen molar-refractivity contribution in [3.63, 3.8) is 0 Å². The number of hydrogen-bond acceptors (Lipinski definition) is 6. The maximum Gasteiger partial charge on any atom is 0.344 e. The first-order valence-corrected chi connectivity index (χ1v) is 7.43. The minimum absolute atomic E-state index is 0.0916. The molecule has 0 fully saturated rings. The molecule has 4 rings (SSSR count). The van der Waals surface area contributed by atoms with Gasteiger partial charge in [-0.25, -0.2) is 4.79 Å². The molecule has 0 saturated heterocycles. The van der Waals surface area contributed by atoms with Gasteiger partial charge in [0.2, 0.25) is 12.7 Å². The first kappa shape index (κ1) is 13.9. The fraction of sp³-hybridized carbons (Fsp3) is 0.375. The smallest absolute Gasteiger partial charge is 0.344 e. The summed E-state index contributed by atoms with van der Waals surface area (Å²) in [6.45, 7) is 4.26. The van der Waals surface area contributed by atoms with Crippen LogP contribution in [0.15, 0.2) is 16.9 Å². The van der Waals surface area contributed by atoms with Gasteiger partial charge in [0.25, 0.3) is 5.56 Å². The molecule has 2 aromatic rings. The Bertz CT molecular complexity index is 884. The number of esters is 1. The van der Waals surface area contributed by atoms with Crippen LogP contribution in [0.4, 0.5) is 0 Å². The van der Waals surface area contributed by atoms with E-state index >= 15 is 0 Å². The maximum absolute atomic E-state index is 12.8. The van der Waals surface area contributed by atoms with Gasteiger partial charge in [0.05, 0.1) is 18.0 Å². The molecular formula is C16H15NO6. The first-order chi connectivity index (χ1) is 11.1. The molecule has 120 valence electrons. The molecule has 0 bridgehead atoms. The lowest BCUT2D eigenvalue weighted by molar-refractivity contribution is 0.0524. The number of carbonyl (C=O) groups is 1. The molecule has 0 radical (unpaired) electrons. The first-order valence-electron chi connectivity index (χ1n) is 7.43. The van der Waals surface area contributed by atoms with Gasteiger partial charge < -0.3 is 18.9 Å². The van der Waals surface area contributed by atoms with E-state index in [-0.39, 0.29) is 36.4 Å². The summed E-state index contributed by atoms with van der Waals surface area (Å²) in [7, 11) is 0. The third kappa shape index (κ3) is 1.89. The van der Waals surface area contributed by atoms with Crippen LogP contribution in [-0.4, -0.2) is 30.5 Å². The van der Waals surface area contributed by atoms with E-state index in [0.717, 1.165) is 0 Å². The average Bonchev–Trinajstić information content (AvgIpc) is 3.13. The number of aromatic nitrogens is 1. The summed E-state index contributed by atoms with van der Waals surface area (Å²) in [5, 5.41) is 0.844. The summed E-state index contributed by atoms with van der Waals surface area (Å²) in [5.41, 5.74) is 0.0375. The monoisotopic (exact) mass is 317 g/mol. The molecule has 0 saturated carbocycles. The van der Waals surface area contributed by atoms with Gasteiger partial charge in [0, 0.05) is 5.39 Å². The Labute approximate surface area is 131 Å². The highest BCUT2D eigenvalue weighted by atomic mass is 16.7. The fourth-order valence-electron chi connectivity index (χ4n) is 3.00. The number of benzene rings is 1. The Balaban J connectivity index is 2.10. The van der Waals surface area contributed by atoms with Gasteiger partial charge >= 0.3 is 5.97 Å². The number of hydrogen-bond donors (Lipinski definition) is 0. The van der Waals surface area contributed by atoms with Gasteiger partial charge in [0.1, 0.15) is 12.2 Å². The number of nitrogens with zero attached hydrogens (tertiary/aromatic N) is 1. The minimum Gasteiger partial charge on any atom is -0.476 e. The van der Waals surface area contributed by atoms with E-state index < -0.39 is 5.97 Å². The van der Waals surface area contributed by atoms with Crippen molar-refractivity contribution in [2.24, 2.45) is 0 Å². The molecule has 2 aliphatic heterocycles. The summed E-state index contributed by atoms with van der Waals surface area (Å²) < 4.78 is 22.9. The molecule has 0 aliphatic carbocycles. The van der Waals surface area contributed by atoms with Crippen LogP contribution in [0.25, 0.3) is 10.8 Å². The Hall–Kier alpha value is -2.70. The van der Waals surface area contributed by atoms with Crippen molar-refractivity contribution in [1.29, 1.82) is 0 Å². The maximum atomic E-state index is 12.8. The van der Waals surface area contributed by atoms with Crippen LogP contribution >= 0.6 is 0 Å². The van der Waals surface area contributed by atoms with Crippen molar-refractivity contribution < 1.29 is 23.7 Å². The number of fused-ring (bicyclic) bond motifs is 3. The number of pyridine rings is 1. The quantitative estimate of drug-likeness (QED) is 0.787. The summed E-state index contributed by atoms with van der Waals surface area (Å²) in [6.07, 6.45) is 0. The Morgan fingerprint density at radius 1 is 1.26 bits per heavy atom. The highest BCUT2D eigenvalue weighted by Crippen LogP contribution is 2.40. The minimum atomic E-state index is -0.519. The predicted molar refractivity (Wildman–Crippen MR) is 80.5 cm³/mol. The van der Waals surface area contributed by atoms with Gasteiger partial charge in [-0.05, 0) is 26.0 Å². The van der Waals surface area contributed by atoms with Gasteiger partial charge in [-0.2, -0.15) is 0 Å². The third-order valence-electron chi connectivity index (χ3n) is 4.05. The summed E-state index contributed by atoms with van der Waals surface area (Å²) in [5.74, 6) is 0.733. The van der Waals surface area contributed by atoms with E-state index in [0.29, 0.717) is 28.9 Å². The van der Waals surface area contributed by atoms with Gasteiger partial charge in [-0.3, -0.25) is 9.36 Å². The molecule has 1 atom stereocenters. The molecule has 0 unspecified atom stereocenters. The average molecular weight is 317 g/mol. The molecule has 2 aliphatic rings. The molecule has 0 N–H and O–H groups in total. The van der Waals surface area contributed by atoms with Crippen LogP contribution in [0.1, 0.15) is 30.2 Å². The van der Waals surface area contributed by atoms with Crippen molar-refractivity contribution in [1.82, 2.24) is 4.57 Å². The molecule has 23 heavy (non-hydrogen) atoms. The van der Waals surface area contributed by atoms with E-state index in [2.05, 4.69) is 0 Å². The van der Waals surface area contributed by atoms with E-state index in [4.69, 9.17) is 18.9 Å². The highest BCUT2D eigenvalue weighted by molar-refractivity contribution is 6.07.